The lowest BCUT2D eigenvalue weighted by Crippen LogP contribution is -2.48. The lowest BCUT2D eigenvalue weighted by atomic mass is 10.1. The van der Waals surface area contributed by atoms with Crippen LogP contribution in [0.2, 0.25) is 0 Å². The van der Waals surface area contributed by atoms with E-state index in [2.05, 4.69) is 5.32 Å². The molecule has 1 aliphatic heterocycles. The van der Waals surface area contributed by atoms with Crippen molar-refractivity contribution in [1.82, 2.24) is 0 Å². The third-order valence-corrected chi connectivity index (χ3v) is 3.39. The lowest BCUT2D eigenvalue weighted by Gasteiger charge is -2.35. The summed E-state index contributed by atoms with van der Waals surface area (Å²) in [6, 6.07) is 5.18. The van der Waals surface area contributed by atoms with Crippen LogP contribution in [0.5, 0.6) is 5.75 Å². The molecular formula is C11H12N2O2. The minimum absolute atomic E-state index is 0.0445. The first-order valence-electron chi connectivity index (χ1n) is 5.02. The molecule has 1 spiro atoms. The van der Waals surface area contributed by atoms with E-state index in [1.807, 2.05) is 11.9 Å². The molecule has 0 unspecified atom stereocenters. The van der Waals surface area contributed by atoms with Crippen molar-refractivity contribution in [2.75, 3.05) is 17.3 Å². The topological polar surface area (TPSA) is 52.6 Å². The predicted molar refractivity (Wildman–Crippen MR) is 57.1 cm³/mol. The van der Waals surface area contributed by atoms with Crippen LogP contribution >= 0.6 is 0 Å². The van der Waals surface area contributed by atoms with Gasteiger partial charge < -0.3 is 15.3 Å². The number of hydrogen-bond donors (Lipinski definition) is 2. The van der Waals surface area contributed by atoms with E-state index in [0.29, 0.717) is 5.69 Å². The SMILES string of the molecule is CN1c2c(O)cccc2NC(=O)C12CC2. The maximum Gasteiger partial charge on any atom is 0.250 e. The number of amides is 1. The second-order valence-corrected chi connectivity index (χ2v) is 4.22. The molecule has 1 aromatic carbocycles. The van der Waals surface area contributed by atoms with Gasteiger partial charge in [-0.15, -0.1) is 0 Å². The van der Waals surface area contributed by atoms with E-state index in [9.17, 15) is 9.90 Å². The minimum Gasteiger partial charge on any atom is -0.506 e. The number of nitrogens with zero attached hydrogens (tertiary/aromatic N) is 1. The number of benzene rings is 1. The summed E-state index contributed by atoms with van der Waals surface area (Å²) in [5, 5.41) is 12.6. The summed E-state index contributed by atoms with van der Waals surface area (Å²) in [4.78, 5) is 13.7. The average molecular weight is 204 g/mol. The van der Waals surface area contributed by atoms with Crippen molar-refractivity contribution in [3.63, 3.8) is 0 Å². The fourth-order valence-corrected chi connectivity index (χ4v) is 2.27. The van der Waals surface area contributed by atoms with E-state index < -0.39 is 5.54 Å². The number of carbonyl (C=O) groups excluding carboxylic acids is 1. The Labute approximate surface area is 87.5 Å². The summed E-state index contributed by atoms with van der Waals surface area (Å²) in [7, 11) is 1.87. The molecule has 4 heteroatoms. The van der Waals surface area contributed by atoms with Crippen LogP contribution in [-0.2, 0) is 4.79 Å². The number of para-hydroxylation sites is 1. The lowest BCUT2D eigenvalue weighted by molar-refractivity contribution is -0.118. The molecule has 0 atom stereocenters. The van der Waals surface area contributed by atoms with E-state index in [4.69, 9.17) is 0 Å². The highest BCUT2D eigenvalue weighted by molar-refractivity contribution is 6.09. The van der Waals surface area contributed by atoms with Crippen LogP contribution in [0.4, 0.5) is 11.4 Å². The molecule has 2 aliphatic rings. The number of aromatic hydroxyl groups is 1. The van der Waals surface area contributed by atoms with Crippen molar-refractivity contribution in [3.8, 4) is 5.75 Å². The maximum atomic E-state index is 11.8. The molecule has 1 fully saturated rings. The van der Waals surface area contributed by atoms with Crippen molar-refractivity contribution in [1.29, 1.82) is 0 Å². The van der Waals surface area contributed by atoms with Crippen molar-refractivity contribution in [3.05, 3.63) is 18.2 Å². The Morgan fingerprint density at radius 3 is 2.87 bits per heavy atom. The Balaban J connectivity index is 2.19. The average Bonchev–Trinajstić information content (AvgIpc) is 2.96. The van der Waals surface area contributed by atoms with E-state index in [1.165, 1.54) is 0 Å². The molecule has 0 aromatic heterocycles. The number of fused-ring (bicyclic) bond motifs is 1. The van der Waals surface area contributed by atoms with Gasteiger partial charge in [-0.2, -0.15) is 0 Å². The molecule has 1 heterocycles. The molecule has 0 saturated heterocycles. The summed E-state index contributed by atoms with van der Waals surface area (Å²) in [6.45, 7) is 0. The van der Waals surface area contributed by atoms with Gasteiger partial charge in [0.2, 0.25) is 5.91 Å². The number of phenolic OH excluding ortho intramolecular Hbond substituents is 1. The second-order valence-electron chi connectivity index (χ2n) is 4.22. The number of carbonyl (C=O) groups is 1. The molecular weight excluding hydrogens is 192 g/mol. The summed E-state index contributed by atoms with van der Waals surface area (Å²) in [5.41, 5.74) is 1.03. The summed E-state index contributed by atoms with van der Waals surface area (Å²) < 4.78 is 0. The standard InChI is InChI=1S/C11H12N2O2/c1-13-9-7(3-2-4-8(9)14)12-10(15)11(13)5-6-11/h2-4,14H,5-6H2,1H3,(H,12,15). The van der Waals surface area contributed by atoms with Gasteiger partial charge >= 0.3 is 0 Å². The van der Waals surface area contributed by atoms with E-state index in [0.717, 1.165) is 18.5 Å². The first-order chi connectivity index (χ1) is 7.15. The zero-order chi connectivity index (χ0) is 10.6. The number of anilines is 2. The number of phenols is 1. The minimum atomic E-state index is -0.397. The largest absolute Gasteiger partial charge is 0.506 e. The zero-order valence-corrected chi connectivity index (χ0v) is 8.45. The number of likely N-dealkylation sites (N-methyl/N-ethyl adjacent to an activating group) is 1. The smallest absolute Gasteiger partial charge is 0.250 e. The Kier molecular flexibility index (Phi) is 1.40. The van der Waals surface area contributed by atoms with Gasteiger partial charge in [0, 0.05) is 7.05 Å². The molecule has 78 valence electrons. The maximum absolute atomic E-state index is 11.8. The fourth-order valence-electron chi connectivity index (χ4n) is 2.27. The van der Waals surface area contributed by atoms with Crippen molar-refractivity contribution in [2.24, 2.45) is 0 Å². The van der Waals surface area contributed by atoms with Gasteiger partial charge in [0.1, 0.15) is 17.0 Å². The first kappa shape index (κ1) is 8.59. The van der Waals surface area contributed by atoms with Crippen molar-refractivity contribution < 1.29 is 9.90 Å². The number of nitrogens with one attached hydrogen (secondary N) is 1. The third kappa shape index (κ3) is 0.936. The molecule has 15 heavy (non-hydrogen) atoms. The molecule has 1 aromatic rings. The van der Waals surface area contributed by atoms with Gasteiger partial charge in [-0.25, -0.2) is 0 Å². The summed E-state index contributed by atoms with van der Waals surface area (Å²) in [6.07, 6.45) is 1.73. The van der Waals surface area contributed by atoms with Crippen LogP contribution in [0.1, 0.15) is 12.8 Å². The van der Waals surface area contributed by atoms with E-state index in [1.54, 1.807) is 18.2 Å². The van der Waals surface area contributed by atoms with Crippen LogP contribution in [0, 0.1) is 0 Å². The monoisotopic (exact) mass is 204 g/mol. The third-order valence-electron chi connectivity index (χ3n) is 3.39. The fraction of sp³-hybridized carbons (Fsp3) is 0.364. The van der Waals surface area contributed by atoms with Gasteiger partial charge in [-0.1, -0.05) is 6.07 Å². The molecule has 3 rings (SSSR count). The van der Waals surface area contributed by atoms with Crippen LogP contribution < -0.4 is 10.2 Å². The summed E-state index contributed by atoms with van der Waals surface area (Å²) >= 11 is 0. The molecule has 0 radical (unpaired) electrons. The normalized spacial score (nSPS) is 21.1. The zero-order valence-electron chi connectivity index (χ0n) is 8.45. The van der Waals surface area contributed by atoms with E-state index >= 15 is 0 Å². The van der Waals surface area contributed by atoms with Crippen molar-refractivity contribution in [2.45, 2.75) is 18.4 Å². The van der Waals surface area contributed by atoms with Gasteiger partial charge in [0.05, 0.1) is 5.69 Å². The number of hydrogen-bond acceptors (Lipinski definition) is 3. The van der Waals surface area contributed by atoms with Gasteiger partial charge in [0.25, 0.3) is 0 Å². The summed E-state index contributed by atoms with van der Waals surface area (Å²) in [5.74, 6) is 0.268. The van der Waals surface area contributed by atoms with Gasteiger partial charge in [-0.05, 0) is 25.0 Å². The molecule has 1 aliphatic carbocycles. The van der Waals surface area contributed by atoms with Crippen LogP contribution in [0.15, 0.2) is 18.2 Å². The first-order valence-corrected chi connectivity index (χ1v) is 5.02. The Morgan fingerprint density at radius 1 is 1.47 bits per heavy atom. The van der Waals surface area contributed by atoms with Crippen LogP contribution in [-0.4, -0.2) is 23.6 Å². The van der Waals surface area contributed by atoms with Crippen LogP contribution in [0.3, 0.4) is 0 Å². The van der Waals surface area contributed by atoms with Gasteiger partial charge in [0.15, 0.2) is 0 Å². The molecule has 2 N–H and O–H groups in total. The van der Waals surface area contributed by atoms with Gasteiger partial charge in [-0.3, -0.25) is 4.79 Å². The molecule has 0 bridgehead atoms. The predicted octanol–water partition coefficient (Wildman–Crippen LogP) is 1.31. The Bertz CT molecular complexity index is 452. The molecule has 4 nitrogen and oxygen atoms in total. The van der Waals surface area contributed by atoms with Crippen LogP contribution in [0.25, 0.3) is 0 Å². The highest BCUT2D eigenvalue weighted by Crippen LogP contribution is 2.51. The van der Waals surface area contributed by atoms with Crippen molar-refractivity contribution >= 4 is 17.3 Å². The Hall–Kier alpha value is -1.71. The highest BCUT2D eigenvalue weighted by Gasteiger charge is 2.56. The molecule has 1 saturated carbocycles. The Morgan fingerprint density at radius 2 is 2.20 bits per heavy atom. The molecule has 1 amide bonds. The highest BCUT2D eigenvalue weighted by atomic mass is 16.3. The second kappa shape index (κ2) is 2.45. The quantitative estimate of drug-likeness (QED) is 0.670. The van der Waals surface area contributed by atoms with E-state index in [-0.39, 0.29) is 11.7 Å². The number of rotatable bonds is 0.